The molecule has 0 aromatic heterocycles. The largest absolute Gasteiger partial charge is 0.494 e. The first-order chi connectivity index (χ1) is 12.0. The van der Waals surface area contributed by atoms with Crippen LogP contribution in [0.5, 0.6) is 5.75 Å². The van der Waals surface area contributed by atoms with E-state index in [0.29, 0.717) is 12.2 Å². The Kier molecular flexibility index (Phi) is 7.64. The molecule has 2 rings (SSSR count). The maximum Gasteiger partial charge on any atom is 0.257 e. The summed E-state index contributed by atoms with van der Waals surface area (Å²) in [5, 5.41) is 5.97. The first kappa shape index (κ1) is 19.7. The number of aryl methyl sites for hydroxylation is 1. The van der Waals surface area contributed by atoms with Crippen molar-refractivity contribution in [3.63, 3.8) is 0 Å². The molecule has 0 aliphatic carbocycles. The Bertz CT molecular complexity index is 765. The van der Waals surface area contributed by atoms with Gasteiger partial charge in [-0.05, 0) is 78.0 Å². The Hall–Kier alpha value is -1.67. The number of hydrogen-bond donors (Lipinski definition) is 2. The summed E-state index contributed by atoms with van der Waals surface area (Å²) in [5.41, 5.74) is 2.49. The van der Waals surface area contributed by atoms with Gasteiger partial charge in [0.1, 0.15) is 5.75 Å². The highest BCUT2D eigenvalue weighted by molar-refractivity contribution is 14.1. The number of halogens is 1. The fourth-order valence-corrected chi connectivity index (χ4v) is 2.80. The van der Waals surface area contributed by atoms with Gasteiger partial charge in [0.2, 0.25) is 0 Å². The maximum atomic E-state index is 12.3. The van der Waals surface area contributed by atoms with E-state index in [1.165, 1.54) is 0 Å². The number of ether oxygens (including phenoxy) is 1. The summed E-state index contributed by atoms with van der Waals surface area (Å²) in [5.74, 6) is 0.548. The monoisotopic (exact) mass is 468 g/mol. The highest BCUT2D eigenvalue weighted by Crippen LogP contribution is 2.18. The molecule has 1 amide bonds. The number of thiocarbonyl (C=S) groups is 1. The van der Waals surface area contributed by atoms with Crippen LogP contribution in [0.4, 0.5) is 5.69 Å². The van der Waals surface area contributed by atoms with Crippen molar-refractivity contribution in [3.8, 4) is 5.75 Å². The van der Waals surface area contributed by atoms with Crippen LogP contribution in [0.25, 0.3) is 0 Å². The number of hydrogen-bond acceptors (Lipinski definition) is 3. The lowest BCUT2D eigenvalue weighted by molar-refractivity contribution is 0.0977. The number of anilines is 1. The van der Waals surface area contributed by atoms with Gasteiger partial charge in [0.05, 0.1) is 6.61 Å². The molecule has 0 spiro atoms. The van der Waals surface area contributed by atoms with E-state index in [1.807, 2.05) is 43.3 Å². The van der Waals surface area contributed by atoms with Crippen molar-refractivity contribution in [2.45, 2.75) is 26.7 Å². The predicted molar refractivity (Wildman–Crippen MR) is 114 cm³/mol. The molecule has 0 radical (unpaired) electrons. The van der Waals surface area contributed by atoms with Crippen molar-refractivity contribution in [2.24, 2.45) is 0 Å². The summed E-state index contributed by atoms with van der Waals surface area (Å²) >= 11 is 7.45. The molecule has 0 saturated carbocycles. The van der Waals surface area contributed by atoms with Crippen LogP contribution >= 0.6 is 34.8 Å². The normalized spacial score (nSPS) is 10.2. The van der Waals surface area contributed by atoms with E-state index in [-0.39, 0.29) is 11.0 Å². The Balaban J connectivity index is 1.94. The zero-order valence-corrected chi connectivity index (χ0v) is 17.2. The molecular weight excluding hydrogens is 447 g/mol. The molecule has 4 nitrogen and oxygen atoms in total. The second-order valence-electron chi connectivity index (χ2n) is 5.60. The average Bonchev–Trinajstić information content (AvgIpc) is 2.57. The summed E-state index contributed by atoms with van der Waals surface area (Å²) in [4.78, 5) is 12.3. The standard InChI is InChI=1S/C19H21IN2O2S/c1-3-4-10-24-16-7-5-6-15(12-16)21-19(25)22-18(23)14-9-8-13(2)17(20)11-14/h5-9,11-12H,3-4,10H2,1-2H3,(H2,21,22,23,25). The molecule has 25 heavy (non-hydrogen) atoms. The molecule has 0 unspecified atom stereocenters. The fourth-order valence-electron chi connectivity index (χ4n) is 2.07. The lowest BCUT2D eigenvalue weighted by Gasteiger charge is -2.12. The van der Waals surface area contributed by atoms with E-state index >= 15 is 0 Å². The zero-order chi connectivity index (χ0) is 18.2. The van der Waals surface area contributed by atoms with E-state index in [0.717, 1.165) is 33.4 Å². The number of benzene rings is 2. The molecule has 0 fully saturated rings. The molecule has 0 bridgehead atoms. The van der Waals surface area contributed by atoms with E-state index in [4.69, 9.17) is 17.0 Å². The van der Waals surface area contributed by atoms with Gasteiger partial charge in [0, 0.05) is 20.9 Å². The number of unbranched alkanes of at least 4 members (excludes halogenated alkanes) is 1. The Labute approximate surface area is 167 Å². The summed E-state index contributed by atoms with van der Waals surface area (Å²) in [7, 11) is 0. The molecule has 0 aliphatic rings. The average molecular weight is 468 g/mol. The van der Waals surface area contributed by atoms with Crippen molar-refractivity contribution < 1.29 is 9.53 Å². The van der Waals surface area contributed by atoms with Gasteiger partial charge in [-0.25, -0.2) is 0 Å². The van der Waals surface area contributed by atoms with Gasteiger partial charge in [0.15, 0.2) is 5.11 Å². The Morgan fingerprint density at radius 2 is 2.04 bits per heavy atom. The van der Waals surface area contributed by atoms with Gasteiger partial charge in [-0.1, -0.05) is 25.5 Å². The van der Waals surface area contributed by atoms with Crippen molar-refractivity contribution in [1.82, 2.24) is 5.32 Å². The highest BCUT2D eigenvalue weighted by atomic mass is 127. The third-order valence-electron chi connectivity index (χ3n) is 3.52. The third-order valence-corrected chi connectivity index (χ3v) is 4.89. The van der Waals surface area contributed by atoms with Crippen LogP contribution < -0.4 is 15.4 Å². The Morgan fingerprint density at radius 1 is 1.24 bits per heavy atom. The van der Waals surface area contributed by atoms with E-state index in [9.17, 15) is 4.79 Å². The minimum atomic E-state index is -0.231. The van der Waals surface area contributed by atoms with E-state index < -0.39 is 0 Å². The molecule has 0 atom stereocenters. The third kappa shape index (κ3) is 6.28. The summed E-state index contributed by atoms with van der Waals surface area (Å²) in [6.07, 6.45) is 2.10. The van der Waals surface area contributed by atoms with E-state index in [1.54, 1.807) is 6.07 Å². The molecule has 2 aromatic carbocycles. The van der Waals surface area contributed by atoms with Crippen molar-refractivity contribution >= 4 is 51.5 Å². The molecule has 132 valence electrons. The lowest BCUT2D eigenvalue weighted by atomic mass is 10.1. The quantitative estimate of drug-likeness (QED) is 0.360. The van der Waals surface area contributed by atoms with Gasteiger partial charge in [-0.2, -0.15) is 0 Å². The van der Waals surface area contributed by atoms with Crippen LogP contribution in [0.3, 0.4) is 0 Å². The number of amides is 1. The van der Waals surface area contributed by atoms with Gasteiger partial charge in [-0.3, -0.25) is 10.1 Å². The topological polar surface area (TPSA) is 50.4 Å². The predicted octanol–water partition coefficient (Wildman–Crippen LogP) is 4.91. The summed E-state index contributed by atoms with van der Waals surface area (Å²) < 4.78 is 6.71. The minimum Gasteiger partial charge on any atom is -0.494 e. The van der Waals surface area contributed by atoms with Crippen LogP contribution in [0.2, 0.25) is 0 Å². The molecule has 0 heterocycles. The summed E-state index contributed by atoms with van der Waals surface area (Å²) in [6.45, 7) is 4.82. The number of nitrogens with one attached hydrogen (secondary N) is 2. The molecule has 6 heteroatoms. The lowest BCUT2D eigenvalue weighted by Crippen LogP contribution is -2.34. The van der Waals surface area contributed by atoms with Crippen LogP contribution in [-0.2, 0) is 0 Å². The van der Waals surface area contributed by atoms with Crippen molar-refractivity contribution in [1.29, 1.82) is 0 Å². The van der Waals surface area contributed by atoms with Gasteiger partial charge >= 0.3 is 0 Å². The minimum absolute atomic E-state index is 0.231. The Morgan fingerprint density at radius 3 is 2.76 bits per heavy atom. The van der Waals surface area contributed by atoms with Crippen LogP contribution in [0, 0.1) is 10.5 Å². The second-order valence-corrected chi connectivity index (χ2v) is 7.17. The van der Waals surface area contributed by atoms with Crippen molar-refractivity contribution in [3.05, 3.63) is 57.2 Å². The zero-order valence-electron chi connectivity index (χ0n) is 14.3. The van der Waals surface area contributed by atoms with Gasteiger partial charge in [0.25, 0.3) is 5.91 Å². The smallest absolute Gasteiger partial charge is 0.257 e. The first-order valence-electron chi connectivity index (χ1n) is 8.11. The molecule has 2 aromatic rings. The molecule has 0 aliphatic heterocycles. The maximum absolute atomic E-state index is 12.3. The van der Waals surface area contributed by atoms with Crippen LogP contribution in [-0.4, -0.2) is 17.6 Å². The fraction of sp³-hybridized carbons (Fsp3) is 0.263. The number of carbonyl (C=O) groups excluding carboxylic acids is 1. The van der Waals surface area contributed by atoms with Crippen LogP contribution in [0.15, 0.2) is 42.5 Å². The molecule has 2 N–H and O–H groups in total. The highest BCUT2D eigenvalue weighted by Gasteiger charge is 2.09. The SMILES string of the molecule is CCCCOc1cccc(NC(=S)NC(=O)c2ccc(C)c(I)c2)c1. The molecular formula is C19H21IN2O2S. The molecule has 0 saturated heterocycles. The number of rotatable bonds is 6. The van der Waals surface area contributed by atoms with Gasteiger partial charge in [-0.15, -0.1) is 0 Å². The second kappa shape index (κ2) is 9.72. The van der Waals surface area contributed by atoms with E-state index in [2.05, 4.69) is 40.1 Å². The first-order valence-corrected chi connectivity index (χ1v) is 9.59. The number of carbonyl (C=O) groups is 1. The van der Waals surface area contributed by atoms with Crippen LogP contribution in [0.1, 0.15) is 35.7 Å². The summed E-state index contributed by atoms with van der Waals surface area (Å²) in [6, 6.07) is 13.1. The van der Waals surface area contributed by atoms with Crippen molar-refractivity contribution in [2.75, 3.05) is 11.9 Å². The van der Waals surface area contributed by atoms with Gasteiger partial charge < -0.3 is 10.1 Å².